The van der Waals surface area contributed by atoms with Gasteiger partial charge in [0.25, 0.3) is 0 Å². The van der Waals surface area contributed by atoms with E-state index >= 15 is 0 Å². The number of ether oxygens (including phenoxy) is 1. The summed E-state index contributed by atoms with van der Waals surface area (Å²) in [7, 11) is 1.66. The first-order chi connectivity index (χ1) is 7.17. The Morgan fingerprint density at radius 3 is 2.87 bits per heavy atom. The largest absolute Gasteiger partial charge is 0.381 e. The highest BCUT2D eigenvalue weighted by atomic mass is 16.5. The molecule has 0 radical (unpaired) electrons. The molecule has 86 valence electrons. The van der Waals surface area contributed by atoms with Crippen LogP contribution < -0.4 is 5.73 Å². The van der Waals surface area contributed by atoms with Gasteiger partial charge in [-0.05, 0) is 13.3 Å². The number of rotatable bonds is 6. The summed E-state index contributed by atoms with van der Waals surface area (Å²) in [6.07, 6.45) is 2.62. The van der Waals surface area contributed by atoms with E-state index in [9.17, 15) is 0 Å². The summed E-state index contributed by atoms with van der Waals surface area (Å²) in [5, 5.41) is 3.86. The van der Waals surface area contributed by atoms with Gasteiger partial charge in [-0.15, -0.1) is 0 Å². The SMILES string of the molecule is CCC[C@H](N)c1nc(CC(C)OC)no1. The van der Waals surface area contributed by atoms with E-state index in [1.54, 1.807) is 7.11 Å². The fraction of sp³-hybridized carbons (Fsp3) is 0.800. The smallest absolute Gasteiger partial charge is 0.243 e. The Balaban J connectivity index is 2.55. The lowest BCUT2D eigenvalue weighted by molar-refractivity contribution is 0.116. The van der Waals surface area contributed by atoms with Crippen LogP contribution in [0.1, 0.15) is 44.4 Å². The molecule has 0 amide bonds. The zero-order valence-electron chi connectivity index (χ0n) is 9.56. The third-order valence-electron chi connectivity index (χ3n) is 2.27. The second-order valence-corrected chi connectivity index (χ2v) is 3.69. The Bertz CT molecular complexity index is 288. The lowest BCUT2D eigenvalue weighted by Gasteiger charge is -2.04. The van der Waals surface area contributed by atoms with Gasteiger partial charge in [0.15, 0.2) is 5.82 Å². The van der Waals surface area contributed by atoms with Crippen molar-refractivity contribution in [2.24, 2.45) is 5.73 Å². The van der Waals surface area contributed by atoms with Crippen LogP contribution in [-0.2, 0) is 11.2 Å². The Morgan fingerprint density at radius 1 is 1.53 bits per heavy atom. The van der Waals surface area contributed by atoms with Crippen molar-refractivity contribution in [2.45, 2.75) is 45.3 Å². The van der Waals surface area contributed by atoms with E-state index in [1.165, 1.54) is 0 Å². The van der Waals surface area contributed by atoms with E-state index in [4.69, 9.17) is 15.0 Å². The van der Waals surface area contributed by atoms with Crippen molar-refractivity contribution in [3.63, 3.8) is 0 Å². The van der Waals surface area contributed by atoms with Crippen molar-refractivity contribution in [3.05, 3.63) is 11.7 Å². The molecule has 1 unspecified atom stereocenters. The molecular weight excluding hydrogens is 194 g/mol. The maximum Gasteiger partial charge on any atom is 0.243 e. The Hall–Kier alpha value is -0.940. The maximum atomic E-state index is 5.85. The summed E-state index contributed by atoms with van der Waals surface area (Å²) in [6, 6.07) is -0.144. The van der Waals surface area contributed by atoms with Crippen molar-refractivity contribution in [1.82, 2.24) is 10.1 Å². The highest BCUT2D eigenvalue weighted by Gasteiger charge is 2.15. The van der Waals surface area contributed by atoms with Gasteiger partial charge in [-0.1, -0.05) is 18.5 Å². The molecule has 0 aromatic carbocycles. The predicted molar refractivity (Wildman–Crippen MR) is 56.3 cm³/mol. The molecule has 5 nitrogen and oxygen atoms in total. The molecule has 0 aliphatic rings. The van der Waals surface area contributed by atoms with Crippen LogP contribution in [0.2, 0.25) is 0 Å². The molecule has 0 spiro atoms. The van der Waals surface area contributed by atoms with Crippen LogP contribution in [0, 0.1) is 0 Å². The molecule has 0 fully saturated rings. The van der Waals surface area contributed by atoms with E-state index in [0.717, 1.165) is 12.8 Å². The third kappa shape index (κ3) is 3.60. The van der Waals surface area contributed by atoms with Crippen LogP contribution in [0.15, 0.2) is 4.52 Å². The van der Waals surface area contributed by atoms with Gasteiger partial charge in [0, 0.05) is 13.5 Å². The molecule has 2 N–H and O–H groups in total. The Kier molecular flexibility index (Phi) is 4.71. The molecule has 0 aliphatic carbocycles. The average Bonchev–Trinajstić information content (AvgIpc) is 2.66. The number of aromatic nitrogens is 2. The van der Waals surface area contributed by atoms with E-state index in [2.05, 4.69) is 17.1 Å². The predicted octanol–water partition coefficient (Wildman–Crippen LogP) is 1.45. The van der Waals surface area contributed by atoms with Gasteiger partial charge in [0.1, 0.15) is 0 Å². The standard InChI is InChI=1S/C10H19N3O2/c1-4-5-8(11)10-12-9(13-15-10)6-7(2)14-3/h7-8H,4-6,11H2,1-3H3/t7?,8-/m0/s1. The number of methoxy groups -OCH3 is 1. The summed E-state index contributed by atoms with van der Waals surface area (Å²) in [5.41, 5.74) is 5.85. The first-order valence-electron chi connectivity index (χ1n) is 5.28. The fourth-order valence-electron chi connectivity index (χ4n) is 1.28. The molecule has 1 heterocycles. The monoisotopic (exact) mass is 213 g/mol. The number of nitrogens with two attached hydrogens (primary N) is 1. The second-order valence-electron chi connectivity index (χ2n) is 3.69. The molecule has 1 rings (SSSR count). The summed E-state index contributed by atoms with van der Waals surface area (Å²) >= 11 is 0. The molecule has 15 heavy (non-hydrogen) atoms. The minimum absolute atomic E-state index is 0.0952. The van der Waals surface area contributed by atoms with Crippen molar-refractivity contribution in [1.29, 1.82) is 0 Å². The second kappa shape index (κ2) is 5.82. The van der Waals surface area contributed by atoms with Crippen LogP contribution in [0.4, 0.5) is 0 Å². The molecule has 0 bridgehead atoms. The molecule has 1 aromatic heterocycles. The minimum atomic E-state index is -0.144. The van der Waals surface area contributed by atoms with Gasteiger partial charge < -0.3 is 15.0 Å². The highest BCUT2D eigenvalue weighted by Crippen LogP contribution is 2.13. The van der Waals surface area contributed by atoms with Gasteiger partial charge >= 0.3 is 0 Å². The summed E-state index contributed by atoms with van der Waals surface area (Å²) in [5.74, 6) is 1.18. The van der Waals surface area contributed by atoms with Crippen LogP contribution >= 0.6 is 0 Å². The zero-order chi connectivity index (χ0) is 11.3. The number of nitrogens with zero attached hydrogens (tertiary/aromatic N) is 2. The third-order valence-corrected chi connectivity index (χ3v) is 2.27. The molecular formula is C10H19N3O2. The Labute approximate surface area is 90.0 Å². The molecule has 0 saturated heterocycles. The van der Waals surface area contributed by atoms with Crippen molar-refractivity contribution in [2.75, 3.05) is 7.11 Å². The average molecular weight is 213 g/mol. The number of hydrogen-bond donors (Lipinski definition) is 1. The van der Waals surface area contributed by atoms with Crippen molar-refractivity contribution >= 4 is 0 Å². The number of hydrogen-bond acceptors (Lipinski definition) is 5. The zero-order valence-corrected chi connectivity index (χ0v) is 9.56. The maximum absolute atomic E-state index is 5.85. The lowest BCUT2D eigenvalue weighted by atomic mass is 10.2. The van der Waals surface area contributed by atoms with Gasteiger partial charge in [-0.3, -0.25) is 0 Å². The lowest BCUT2D eigenvalue weighted by Crippen LogP contribution is -2.12. The quantitative estimate of drug-likeness (QED) is 0.774. The van der Waals surface area contributed by atoms with E-state index < -0.39 is 0 Å². The highest BCUT2D eigenvalue weighted by molar-refractivity contribution is 4.92. The first-order valence-corrected chi connectivity index (χ1v) is 5.28. The summed E-state index contributed by atoms with van der Waals surface area (Å²) < 4.78 is 10.2. The van der Waals surface area contributed by atoms with Gasteiger partial charge in [-0.2, -0.15) is 4.98 Å². The summed E-state index contributed by atoms with van der Waals surface area (Å²) in [6.45, 7) is 4.03. The van der Waals surface area contributed by atoms with Gasteiger partial charge in [0.2, 0.25) is 5.89 Å². The first kappa shape index (κ1) is 12.1. The van der Waals surface area contributed by atoms with Crippen LogP contribution in [0.25, 0.3) is 0 Å². The topological polar surface area (TPSA) is 74.2 Å². The van der Waals surface area contributed by atoms with Gasteiger partial charge in [0.05, 0.1) is 12.1 Å². The van der Waals surface area contributed by atoms with Crippen molar-refractivity contribution < 1.29 is 9.26 Å². The fourth-order valence-corrected chi connectivity index (χ4v) is 1.28. The molecule has 2 atom stereocenters. The van der Waals surface area contributed by atoms with Crippen LogP contribution in [0.3, 0.4) is 0 Å². The van der Waals surface area contributed by atoms with Crippen LogP contribution in [0.5, 0.6) is 0 Å². The molecule has 5 heteroatoms. The van der Waals surface area contributed by atoms with Crippen molar-refractivity contribution in [3.8, 4) is 0 Å². The summed E-state index contributed by atoms with van der Waals surface area (Å²) in [4.78, 5) is 4.23. The Morgan fingerprint density at radius 2 is 2.27 bits per heavy atom. The van der Waals surface area contributed by atoms with E-state index in [0.29, 0.717) is 18.1 Å². The van der Waals surface area contributed by atoms with Crippen LogP contribution in [-0.4, -0.2) is 23.4 Å². The normalized spacial score (nSPS) is 15.2. The molecule has 0 saturated carbocycles. The van der Waals surface area contributed by atoms with E-state index in [1.807, 2.05) is 6.92 Å². The van der Waals surface area contributed by atoms with E-state index in [-0.39, 0.29) is 12.1 Å². The molecule has 1 aromatic rings. The minimum Gasteiger partial charge on any atom is -0.381 e. The molecule has 0 aliphatic heterocycles. The van der Waals surface area contributed by atoms with Gasteiger partial charge in [-0.25, -0.2) is 0 Å².